The second-order valence-corrected chi connectivity index (χ2v) is 6.41. The molecule has 0 unspecified atom stereocenters. The molecule has 2 amide bonds. The van der Waals surface area contributed by atoms with Crippen molar-refractivity contribution in [3.8, 4) is 0 Å². The first-order valence-electron chi connectivity index (χ1n) is 9.17. The highest BCUT2D eigenvalue weighted by atomic mass is 16.5. The number of ether oxygens (including phenoxy) is 1. The predicted molar refractivity (Wildman–Crippen MR) is 109 cm³/mol. The molecule has 1 heterocycles. The standard InChI is InChI=1S/C22H21N3O4/c1-15-6-2-3-7-16(15)22(28)24-13-11-21(27)29-14-20(26)25-19-10-4-9-18-17(19)8-5-12-23-18/h2-10,12H,11,13-14H2,1H3,(H,24,28)(H,25,26). The molecule has 0 aliphatic heterocycles. The molecule has 0 radical (unpaired) electrons. The van der Waals surface area contributed by atoms with E-state index in [1.165, 1.54) is 0 Å². The molecule has 29 heavy (non-hydrogen) atoms. The second kappa shape index (κ2) is 9.45. The summed E-state index contributed by atoms with van der Waals surface area (Å²) in [5.41, 5.74) is 2.77. The van der Waals surface area contributed by atoms with Crippen molar-refractivity contribution in [2.75, 3.05) is 18.5 Å². The molecule has 7 nitrogen and oxygen atoms in total. The van der Waals surface area contributed by atoms with Gasteiger partial charge in [-0.2, -0.15) is 0 Å². The number of esters is 1. The molecule has 2 aromatic carbocycles. The summed E-state index contributed by atoms with van der Waals surface area (Å²) in [7, 11) is 0. The van der Waals surface area contributed by atoms with Crippen LogP contribution in [0.4, 0.5) is 5.69 Å². The van der Waals surface area contributed by atoms with Crippen LogP contribution in [0.2, 0.25) is 0 Å². The number of carbonyl (C=O) groups excluding carboxylic acids is 3. The molecule has 0 saturated carbocycles. The van der Waals surface area contributed by atoms with Gasteiger partial charge in [0, 0.05) is 23.7 Å². The first-order chi connectivity index (χ1) is 14.0. The van der Waals surface area contributed by atoms with Gasteiger partial charge in [-0.15, -0.1) is 0 Å². The zero-order valence-corrected chi connectivity index (χ0v) is 16.0. The molecule has 3 rings (SSSR count). The molecule has 148 valence electrons. The fraction of sp³-hybridized carbons (Fsp3) is 0.182. The summed E-state index contributed by atoms with van der Waals surface area (Å²) >= 11 is 0. The molecule has 2 N–H and O–H groups in total. The Morgan fingerprint density at radius 1 is 1.00 bits per heavy atom. The molecular formula is C22H21N3O4. The lowest BCUT2D eigenvalue weighted by Gasteiger charge is -2.09. The minimum atomic E-state index is -0.565. The number of pyridine rings is 1. The van der Waals surface area contributed by atoms with E-state index in [2.05, 4.69) is 15.6 Å². The third-order valence-electron chi connectivity index (χ3n) is 4.29. The van der Waals surface area contributed by atoms with E-state index in [1.807, 2.05) is 31.2 Å². The Hall–Kier alpha value is -3.74. The number of carbonyl (C=O) groups is 3. The molecular weight excluding hydrogens is 370 g/mol. The fourth-order valence-electron chi connectivity index (χ4n) is 2.82. The molecule has 0 fully saturated rings. The smallest absolute Gasteiger partial charge is 0.308 e. The van der Waals surface area contributed by atoms with Crippen molar-refractivity contribution in [3.63, 3.8) is 0 Å². The van der Waals surface area contributed by atoms with Gasteiger partial charge in [0.05, 0.1) is 17.6 Å². The minimum Gasteiger partial charge on any atom is -0.456 e. The number of nitrogens with zero attached hydrogens (tertiary/aromatic N) is 1. The van der Waals surface area contributed by atoms with Crippen molar-refractivity contribution < 1.29 is 19.1 Å². The van der Waals surface area contributed by atoms with Crippen molar-refractivity contribution in [1.29, 1.82) is 0 Å². The van der Waals surface area contributed by atoms with Gasteiger partial charge in [-0.3, -0.25) is 19.4 Å². The van der Waals surface area contributed by atoms with Crippen LogP contribution in [0.15, 0.2) is 60.8 Å². The quantitative estimate of drug-likeness (QED) is 0.604. The van der Waals surface area contributed by atoms with Gasteiger partial charge >= 0.3 is 5.97 Å². The highest BCUT2D eigenvalue weighted by Crippen LogP contribution is 2.21. The highest BCUT2D eigenvalue weighted by Gasteiger charge is 2.11. The number of anilines is 1. The maximum absolute atomic E-state index is 12.1. The third-order valence-corrected chi connectivity index (χ3v) is 4.29. The molecule has 0 atom stereocenters. The molecule has 0 aliphatic rings. The van der Waals surface area contributed by atoms with Gasteiger partial charge in [0.1, 0.15) is 0 Å². The summed E-state index contributed by atoms with van der Waals surface area (Å²) in [4.78, 5) is 40.2. The lowest BCUT2D eigenvalue weighted by atomic mass is 10.1. The Morgan fingerprint density at radius 2 is 1.83 bits per heavy atom. The number of aryl methyl sites for hydroxylation is 1. The van der Waals surface area contributed by atoms with Crippen LogP contribution in [0, 0.1) is 6.92 Å². The summed E-state index contributed by atoms with van der Waals surface area (Å²) < 4.78 is 4.98. The van der Waals surface area contributed by atoms with Crippen LogP contribution >= 0.6 is 0 Å². The molecule has 1 aromatic heterocycles. The summed E-state index contributed by atoms with van der Waals surface area (Å²) in [6, 6.07) is 16.2. The van der Waals surface area contributed by atoms with Gasteiger partial charge < -0.3 is 15.4 Å². The lowest BCUT2D eigenvalue weighted by Crippen LogP contribution is -2.28. The average molecular weight is 391 g/mol. The first-order valence-corrected chi connectivity index (χ1v) is 9.17. The van der Waals surface area contributed by atoms with Gasteiger partial charge in [0.2, 0.25) is 0 Å². The van der Waals surface area contributed by atoms with Gasteiger partial charge in [0.25, 0.3) is 11.8 Å². The normalized spacial score (nSPS) is 10.4. The molecule has 0 saturated heterocycles. The van der Waals surface area contributed by atoms with E-state index in [-0.39, 0.29) is 18.9 Å². The van der Waals surface area contributed by atoms with Crippen LogP contribution < -0.4 is 10.6 Å². The number of nitrogens with one attached hydrogen (secondary N) is 2. The second-order valence-electron chi connectivity index (χ2n) is 6.41. The van der Waals surface area contributed by atoms with Crippen molar-refractivity contribution in [2.45, 2.75) is 13.3 Å². The maximum atomic E-state index is 12.1. The monoisotopic (exact) mass is 391 g/mol. The van der Waals surface area contributed by atoms with E-state index in [9.17, 15) is 14.4 Å². The van der Waals surface area contributed by atoms with Crippen LogP contribution in [0.3, 0.4) is 0 Å². The first kappa shape index (κ1) is 20.0. The van der Waals surface area contributed by atoms with E-state index in [0.717, 1.165) is 16.5 Å². The number of hydrogen-bond donors (Lipinski definition) is 2. The highest BCUT2D eigenvalue weighted by molar-refractivity contribution is 6.01. The van der Waals surface area contributed by atoms with Crippen molar-refractivity contribution in [2.24, 2.45) is 0 Å². The van der Waals surface area contributed by atoms with Gasteiger partial charge in [0.15, 0.2) is 6.61 Å². The zero-order valence-electron chi connectivity index (χ0n) is 16.0. The summed E-state index contributed by atoms with van der Waals surface area (Å²) in [6.07, 6.45) is 1.65. The largest absolute Gasteiger partial charge is 0.456 e. The summed E-state index contributed by atoms with van der Waals surface area (Å²) in [6.45, 7) is 1.57. The third kappa shape index (κ3) is 5.38. The van der Waals surface area contributed by atoms with E-state index in [0.29, 0.717) is 11.3 Å². The van der Waals surface area contributed by atoms with Gasteiger partial charge in [-0.25, -0.2) is 0 Å². The predicted octanol–water partition coefficient (Wildman–Crippen LogP) is 2.85. The average Bonchev–Trinajstić information content (AvgIpc) is 2.73. The van der Waals surface area contributed by atoms with Crippen LogP contribution in [0.5, 0.6) is 0 Å². The maximum Gasteiger partial charge on any atom is 0.308 e. The fourth-order valence-corrected chi connectivity index (χ4v) is 2.82. The number of rotatable bonds is 7. The van der Waals surface area contributed by atoms with Crippen LogP contribution in [0.25, 0.3) is 10.9 Å². The molecule has 7 heteroatoms. The molecule has 0 spiro atoms. The molecule has 0 aliphatic carbocycles. The van der Waals surface area contributed by atoms with E-state index in [1.54, 1.807) is 36.5 Å². The van der Waals surface area contributed by atoms with Gasteiger partial charge in [-0.1, -0.05) is 24.3 Å². The number of aromatic nitrogens is 1. The number of hydrogen-bond acceptors (Lipinski definition) is 5. The Morgan fingerprint density at radius 3 is 2.66 bits per heavy atom. The molecule has 0 bridgehead atoms. The number of benzene rings is 2. The van der Waals surface area contributed by atoms with E-state index in [4.69, 9.17) is 4.74 Å². The Balaban J connectivity index is 1.43. The summed E-state index contributed by atoms with van der Waals surface area (Å²) in [5.74, 6) is -1.26. The SMILES string of the molecule is Cc1ccccc1C(=O)NCCC(=O)OCC(=O)Nc1cccc2ncccc12. The van der Waals surface area contributed by atoms with Crippen molar-refractivity contribution >= 4 is 34.4 Å². The Bertz CT molecular complexity index is 1040. The van der Waals surface area contributed by atoms with Crippen LogP contribution in [-0.4, -0.2) is 35.9 Å². The Labute approximate surface area is 168 Å². The van der Waals surface area contributed by atoms with E-state index >= 15 is 0 Å². The zero-order chi connectivity index (χ0) is 20.6. The lowest BCUT2D eigenvalue weighted by molar-refractivity contribution is -0.147. The number of fused-ring (bicyclic) bond motifs is 1. The van der Waals surface area contributed by atoms with Crippen LogP contribution in [-0.2, 0) is 14.3 Å². The van der Waals surface area contributed by atoms with Crippen LogP contribution in [0.1, 0.15) is 22.3 Å². The van der Waals surface area contributed by atoms with Crippen molar-refractivity contribution in [3.05, 3.63) is 71.9 Å². The van der Waals surface area contributed by atoms with E-state index < -0.39 is 18.5 Å². The van der Waals surface area contributed by atoms with Gasteiger partial charge in [-0.05, 0) is 42.8 Å². The number of amides is 2. The van der Waals surface area contributed by atoms with Crippen molar-refractivity contribution in [1.82, 2.24) is 10.3 Å². The minimum absolute atomic E-state index is 0.0247. The topological polar surface area (TPSA) is 97.4 Å². The molecule has 3 aromatic rings. The summed E-state index contributed by atoms with van der Waals surface area (Å²) in [5, 5.41) is 6.19. The Kier molecular flexibility index (Phi) is 6.52.